The predicted octanol–water partition coefficient (Wildman–Crippen LogP) is 4.68. The van der Waals surface area contributed by atoms with Crippen molar-refractivity contribution >= 4 is 23.6 Å². The first-order valence-corrected chi connectivity index (χ1v) is 9.96. The number of hydrogen-bond acceptors (Lipinski definition) is 4. The molecule has 0 unspecified atom stereocenters. The van der Waals surface area contributed by atoms with E-state index in [1.165, 1.54) is 43.4 Å². The molecule has 1 saturated heterocycles. The molecule has 2 aromatic rings. The van der Waals surface area contributed by atoms with Crippen LogP contribution in [0.15, 0.2) is 45.9 Å². The fourth-order valence-corrected chi connectivity index (χ4v) is 4.17. The molecule has 0 aliphatic carbocycles. The van der Waals surface area contributed by atoms with E-state index in [1.807, 2.05) is 29.2 Å². The summed E-state index contributed by atoms with van der Waals surface area (Å²) in [5, 5.41) is 9.18. The summed E-state index contributed by atoms with van der Waals surface area (Å²) in [7, 11) is 0. The first-order valence-electron chi connectivity index (χ1n) is 8.97. The Kier molecular flexibility index (Phi) is 6.39. The summed E-state index contributed by atoms with van der Waals surface area (Å²) < 4.78 is 5.30. The Bertz CT molecular complexity index is 763. The molecule has 1 aromatic carbocycles. The minimum atomic E-state index is -1.00. The Morgan fingerprint density at radius 2 is 1.69 bits per heavy atom. The number of carboxylic acid groups (broad SMARTS) is 1. The van der Waals surface area contributed by atoms with Gasteiger partial charge in [0.1, 0.15) is 11.3 Å². The summed E-state index contributed by atoms with van der Waals surface area (Å²) in [5.41, 5.74) is 0.853. The minimum Gasteiger partial charge on any atom is -0.478 e. The number of likely N-dealkylation sites (tertiary alicyclic amines) is 1. The lowest BCUT2D eigenvalue weighted by molar-refractivity contribution is 0.0693. The fraction of sp³-hybridized carbons (Fsp3) is 0.400. The standard InChI is InChI=1S/C20H23NO4S/c22-19(21-11-6-2-1-3-7-12-21)16-8-4-5-9-18(16)26-14-17-15(20(23)24)10-13-25-17/h4-5,8-10,13H,1-3,6-7,11-12,14H2,(H,23,24). The third-order valence-electron chi connectivity index (χ3n) is 4.60. The van der Waals surface area contributed by atoms with Gasteiger partial charge in [-0.25, -0.2) is 4.79 Å². The Hall–Kier alpha value is -2.21. The molecule has 1 aromatic heterocycles. The van der Waals surface area contributed by atoms with Gasteiger partial charge in [-0.1, -0.05) is 31.4 Å². The summed E-state index contributed by atoms with van der Waals surface area (Å²) in [6.07, 6.45) is 7.10. The van der Waals surface area contributed by atoms with Crippen LogP contribution in [0.3, 0.4) is 0 Å². The Morgan fingerprint density at radius 1 is 1.00 bits per heavy atom. The molecule has 0 atom stereocenters. The van der Waals surface area contributed by atoms with Gasteiger partial charge in [0.05, 0.1) is 17.6 Å². The molecule has 1 N–H and O–H groups in total. The maximum absolute atomic E-state index is 13.0. The van der Waals surface area contributed by atoms with Gasteiger partial charge in [0.2, 0.25) is 0 Å². The van der Waals surface area contributed by atoms with Crippen LogP contribution < -0.4 is 0 Å². The van der Waals surface area contributed by atoms with Crippen molar-refractivity contribution in [2.75, 3.05) is 13.1 Å². The number of hydrogen-bond donors (Lipinski definition) is 1. The highest BCUT2D eigenvalue weighted by Crippen LogP contribution is 2.29. The highest BCUT2D eigenvalue weighted by Gasteiger charge is 2.20. The average Bonchev–Trinajstić information content (AvgIpc) is 3.08. The zero-order valence-electron chi connectivity index (χ0n) is 14.6. The van der Waals surface area contributed by atoms with E-state index in [0.29, 0.717) is 17.1 Å². The van der Waals surface area contributed by atoms with Gasteiger partial charge in [0.15, 0.2) is 0 Å². The fourth-order valence-electron chi connectivity index (χ4n) is 3.18. The van der Waals surface area contributed by atoms with E-state index >= 15 is 0 Å². The van der Waals surface area contributed by atoms with Crippen LogP contribution in [-0.4, -0.2) is 35.0 Å². The van der Waals surface area contributed by atoms with E-state index in [0.717, 1.165) is 30.8 Å². The van der Waals surface area contributed by atoms with E-state index < -0.39 is 5.97 Å². The second-order valence-corrected chi connectivity index (χ2v) is 7.42. The molecule has 1 aliphatic rings. The van der Waals surface area contributed by atoms with Crippen molar-refractivity contribution in [3.8, 4) is 0 Å². The number of amides is 1. The van der Waals surface area contributed by atoms with Gasteiger partial charge in [0, 0.05) is 18.0 Å². The lowest BCUT2D eigenvalue weighted by atomic mass is 10.1. The lowest BCUT2D eigenvalue weighted by Gasteiger charge is -2.25. The normalized spacial score (nSPS) is 15.3. The quantitative estimate of drug-likeness (QED) is 0.771. The molecule has 1 fully saturated rings. The maximum Gasteiger partial charge on any atom is 0.339 e. The van der Waals surface area contributed by atoms with Gasteiger partial charge >= 0.3 is 5.97 Å². The van der Waals surface area contributed by atoms with E-state index in [4.69, 9.17) is 4.42 Å². The van der Waals surface area contributed by atoms with Crippen molar-refractivity contribution < 1.29 is 19.1 Å². The Morgan fingerprint density at radius 3 is 2.42 bits per heavy atom. The van der Waals surface area contributed by atoms with E-state index in [-0.39, 0.29) is 11.5 Å². The smallest absolute Gasteiger partial charge is 0.339 e. The first kappa shape index (κ1) is 18.6. The van der Waals surface area contributed by atoms with Gasteiger partial charge in [-0.3, -0.25) is 4.79 Å². The molecule has 6 heteroatoms. The van der Waals surface area contributed by atoms with Crippen molar-refractivity contribution in [2.45, 2.75) is 42.8 Å². The summed E-state index contributed by atoms with van der Waals surface area (Å²) in [4.78, 5) is 27.0. The summed E-state index contributed by atoms with van der Waals surface area (Å²) in [5.74, 6) is -0.151. The van der Waals surface area contributed by atoms with Gasteiger partial charge in [-0.15, -0.1) is 11.8 Å². The van der Waals surface area contributed by atoms with E-state index in [9.17, 15) is 14.7 Å². The molecule has 0 radical (unpaired) electrons. The number of carbonyl (C=O) groups excluding carboxylic acids is 1. The van der Waals surface area contributed by atoms with Crippen LogP contribution >= 0.6 is 11.8 Å². The lowest BCUT2D eigenvalue weighted by Crippen LogP contribution is -2.34. The summed E-state index contributed by atoms with van der Waals surface area (Å²) >= 11 is 1.43. The number of thioether (sulfide) groups is 1. The van der Waals surface area contributed by atoms with E-state index in [2.05, 4.69) is 0 Å². The largest absolute Gasteiger partial charge is 0.478 e. The van der Waals surface area contributed by atoms with Crippen molar-refractivity contribution in [2.24, 2.45) is 0 Å². The highest BCUT2D eigenvalue weighted by molar-refractivity contribution is 7.98. The second kappa shape index (κ2) is 8.94. The molecule has 1 amide bonds. The Labute approximate surface area is 157 Å². The Balaban J connectivity index is 1.73. The number of carbonyl (C=O) groups is 2. The van der Waals surface area contributed by atoms with Crippen molar-refractivity contribution in [1.82, 2.24) is 4.90 Å². The zero-order valence-corrected chi connectivity index (χ0v) is 15.5. The molecule has 0 bridgehead atoms. The van der Waals surface area contributed by atoms with Crippen LogP contribution in [0, 0.1) is 0 Å². The van der Waals surface area contributed by atoms with Gasteiger partial charge in [0.25, 0.3) is 5.91 Å². The molecule has 3 rings (SSSR count). The number of nitrogens with zero attached hydrogens (tertiary/aromatic N) is 1. The van der Waals surface area contributed by atoms with Gasteiger partial charge < -0.3 is 14.4 Å². The summed E-state index contributed by atoms with van der Waals surface area (Å²) in [6, 6.07) is 8.98. The SMILES string of the molecule is O=C(O)c1ccoc1CSc1ccccc1C(=O)N1CCCCCCC1. The molecule has 5 nitrogen and oxygen atoms in total. The number of furan rings is 1. The van der Waals surface area contributed by atoms with Crippen LogP contribution in [0.1, 0.15) is 58.6 Å². The molecule has 2 heterocycles. The van der Waals surface area contributed by atoms with Crippen LogP contribution in [0.4, 0.5) is 0 Å². The van der Waals surface area contributed by atoms with Crippen LogP contribution in [-0.2, 0) is 5.75 Å². The van der Waals surface area contributed by atoms with Crippen LogP contribution in [0.25, 0.3) is 0 Å². The second-order valence-electron chi connectivity index (χ2n) is 6.41. The van der Waals surface area contributed by atoms with E-state index in [1.54, 1.807) is 0 Å². The van der Waals surface area contributed by atoms with Crippen molar-refractivity contribution in [1.29, 1.82) is 0 Å². The third kappa shape index (κ3) is 4.49. The summed E-state index contributed by atoms with van der Waals surface area (Å²) in [6.45, 7) is 1.61. The third-order valence-corrected chi connectivity index (χ3v) is 5.67. The minimum absolute atomic E-state index is 0.0629. The molecular formula is C20H23NO4S. The first-order chi connectivity index (χ1) is 12.7. The van der Waals surface area contributed by atoms with Gasteiger partial charge in [-0.05, 0) is 31.0 Å². The monoisotopic (exact) mass is 373 g/mol. The molecule has 138 valence electrons. The van der Waals surface area contributed by atoms with Crippen molar-refractivity contribution in [3.05, 3.63) is 53.5 Å². The molecule has 0 spiro atoms. The van der Waals surface area contributed by atoms with Crippen LogP contribution in [0.5, 0.6) is 0 Å². The van der Waals surface area contributed by atoms with Gasteiger partial charge in [-0.2, -0.15) is 0 Å². The molecule has 1 aliphatic heterocycles. The molecule has 0 saturated carbocycles. The molecule has 26 heavy (non-hydrogen) atoms. The topological polar surface area (TPSA) is 70.7 Å². The number of benzene rings is 1. The molecular weight excluding hydrogens is 350 g/mol. The number of aromatic carboxylic acids is 1. The number of carboxylic acids is 1. The highest BCUT2D eigenvalue weighted by atomic mass is 32.2. The predicted molar refractivity (Wildman–Crippen MR) is 101 cm³/mol. The average molecular weight is 373 g/mol. The van der Waals surface area contributed by atoms with Crippen molar-refractivity contribution in [3.63, 3.8) is 0 Å². The van der Waals surface area contributed by atoms with Crippen LogP contribution in [0.2, 0.25) is 0 Å². The maximum atomic E-state index is 13.0. The zero-order chi connectivity index (χ0) is 18.4. The number of rotatable bonds is 5.